The van der Waals surface area contributed by atoms with E-state index in [9.17, 15) is 14.7 Å². The lowest BCUT2D eigenvalue weighted by Crippen LogP contribution is -2.50. The number of rotatable bonds is 7. The highest BCUT2D eigenvalue weighted by molar-refractivity contribution is 8.01. The Labute approximate surface area is 187 Å². The molecule has 0 bridgehead atoms. The number of aryl methyl sites for hydroxylation is 2. The summed E-state index contributed by atoms with van der Waals surface area (Å²) in [6.45, 7) is 11.2. The SMILES string of the molecule is Cc1ccc(-n2c(C)cnc2SC(C)(C)C(=O)NC(C(=O)O)C(C)C)c2ccccc12. The predicted molar refractivity (Wildman–Crippen MR) is 125 cm³/mol. The number of nitrogens with zero attached hydrogens (tertiary/aromatic N) is 2. The fourth-order valence-corrected chi connectivity index (χ4v) is 4.56. The van der Waals surface area contributed by atoms with Crippen molar-refractivity contribution in [3.63, 3.8) is 0 Å². The molecule has 31 heavy (non-hydrogen) atoms. The van der Waals surface area contributed by atoms with Crippen LogP contribution in [0.2, 0.25) is 0 Å². The molecule has 3 aromatic rings. The second-order valence-corrected chi connectivity index (χ2v) is 10.2. The molecule has 0 aliphatic carbocycles. The van der Waals surface area contributed by atoms with Crippen LogP contribution in [-0.4, -0.2) is 37.3 Å². The topological polar surface area (TPSA) is 84.2 Å². The van der Waals surface area contributed by atoms with E-state index in [0.717, 1.165) is 16.8 Å². The zero-order chi connectivity index (χ0) is 22.9. The number of carboxylic acids is 1. The summed E-state index contributed by atoms with van der Waals surface area (Å²) < 4.78 is 1.14. The zero-order valence-electron chi connectivity index (χ0n) is 18.8. The number of thioether (sulfide) groups is 1. The van der Waals surface area contributed by atoms with Crippen molar-refractivity contribution in [1.29, 1.82) is 0 Å². The van der Waals surface area contributed by atoms with Crippen molar-refractivity contribution in [3.8, 4) is 5.69 Å². The molecule has 0 saturated carbocycles. The molecule has 6 nitrogen and oxygen atoms in total. The van der Waals surface area contributed by atoms with E-state index in [1.165, 1.54) is 22.7 Å². The van der Waals surface area contributed by atoms with Crippen molar-refractivity contribution in [2.24, 2.45) is 5.92 Å². The highest BCUT2D eigenvalue weighted by atomic mass is 32.2. The van der Waals surface area contributed by atoms with E-state index in [2.05, 4.69) is 46.1 Å². The van der Waals surface area contributed by atoms with Crippen LogP contribution in [0.25, 0.3) is 16.5 Å². The van der Waals surface area contributed by atoms with Crippen LogP contribution >= 0.6 is 11.8 Å². The van der Waals surface area contributed by atoms with Gasteiger partial charge in [0, 0.05) is 17.3 Å². The fraction of sp³-hybridized carbons (Fsp3) is 0.375. The maximum atomic E-state index is 13.0. The smallest absolute Gasteiger partial charge is 0.326 e. The van der Waals surface area contributed by atoms with Gasteiger partial charge in [0.05, 0.1) is 10.4 Å². The summed E-state index contributed by atoms with van der Waals surface area (Å²) in [5, 5.41) is 15.1. The molecule has 0 fully saturated rings. The van der Waals surface area contributed by atoms with Crippen LogP contribution in [0.5, 0.6) is 0 Å². The third-order valence-electron chi connectivity index (χ3n) is 5.38. The van der Waals surface area contributed by atoms with Crippen molar-refractivity contribution in [2.45, 2.75) is 57.5 Å². The number of carbonyl (C=O) groups excluding carboxylic acids is 1. The average molecular weight is 440 g/mol. The standard InChI is InChI=1S/C24H29N3O3S/c1-14(2)20(21(28)29)26-22(30)24(5,6)31-23-25-13-16(4)27(23)19-12-11-15(3)17-9-7-8-10-18(17)19/h7-14,20H,1-6H3,(H,26,30)(H,28,29). The van der Waals surface area contributed by atoms with Crippen LogP contribution in [0.4, 0.5) is 0 Å². The molecular formula is C24H29N3O3S. The van der Waals surface area contributed by atoms with Gasteiger partial charge in [0.2, 0.25) is 5.91 Å². The van der Waals surface area contributed by atoms with Gasteiger partial charge in [0.1, 0.15) is 6.04 Å². The third-order valence-corrected chi connectivity index (χ3v) is 6.54. The van der Waals surface area contributed by atoms with Crippen LogP contribution in [0.1, 0.15) is 39.0 Å². The van der Waals surface area contributed by atoms with E-state index in [0.29, 0.717) is 5.16 Å². The molecular weight excluding hydrogens is 410 g/mol. The van der Waals surface area contributed by atoms with Gasteiger partial charge < -0.3 is 10.4 Å². The normalized spacial score (nSPS) is 12.9. The van der Waals surface area contributed by atoms with E-state index >= 15 is 0 Å². The van der Waals surface area contributed by atoms with Gasteiger partial charge in [-0.1, -0.05) is 55.9 Å². The monoisotopic (exact) mass is 439 g/mol. The summed E-state index contributed by atoms with van der Waals surface area (Å²) in [4.78, 5) is 29.1. The molecule has 2 aromatic carbocycles. The summed E-state index contributed by atoms with van der Waals surface area (Å²) in [6.07, 6.45) is 1.79. The lowest BCUT2D eigenvalue weighted by Gasteiger charge is -2.27. The van der Waals surface area contributed by atoms with Gasteiger partial charge in [-0.25, -0.2) is 9.78 Å². The summed E-state index contributed by atoms with van der Waals surface area (Å²) in [6, 6.07) is 11.4. The maximum absolute atomic E-state index is 13.0. The molecule has 164 valence electrons. The number of carboxylic acid groups (broad SMARTS) is 1. The van der Waals surface area contributed by atoms with Gasteiger partial charge in [-0.15, -0.1) is 0 Å². The van der Waals surface area contributed by atoms with E-state index in [1.54, 1.807) is 33.9 Å². The summed E-state index contributed by atoms with van der Waals surface area (Å²) in [5.74, 6) is -1.59. The Morgan fingerprint density at radius 1 is 1.10 bits per heavy atom. The molecule has 1 heterocycles. The van der Waals surface area contributed by atoms with Crippen LogP contribution < -0.4 is 5.32 Å². The molecule has 3 rings (SSSR count). The number of fused-ring (bicyclic) bond motifs is 1. The Morgan fingerprint density at radius 2 is 1.74 bits per heavy atom. The first-order valence-corrected chi connectivity index (χ1v) is 11.1. The first-order valence-electron chi connectivity index (χ1n) is 10.3. The highest BCUT2D eigenvalue weighted by Gasteiger charge is 2.35. The van der Waals surface area contributed by atoms with E-state index < -0.39 is 16.8 Å². The van der Waals surface area contributed by atoms with Gasteiger partial charge in [-0.05, 0) is 50.6 Å². The Morgan fingerprint density at radius 3 is 2.35 bits per heavy atom. The first kappa shape index (κ1) is 22.9. The largest absolute Gasteiger partial charge is 0.480 e. The fourth-order valence-electron chi connectivity index (χ4n) is 3.51. The lowest BCUT2D eigenvalue weighted by molar-refractivity contribution is -0.143. The van der Waals surface area contributed by atoms with E-state index in [1.807, 2.05) is 19.1 Å². The lowest BCUT2D eigenvalue weighted by atomic mass is 10.0. The minimum Gasteiger partial charge on any atom is -0.480 e. The number of aromatic nitrogens is 2. The minimum absolute atomic E-state index is 0.217. The van der Waals surface area contributed by atoms with Crippen molar-refractivity contribution in [3.05, 3.63) is 53.9 Å². The van der Waals surface area contributed by atoms with Gasteiger partial charge >= 0.3 is 5.97 Å². The van der Waals surface area contributed by atoms with E-state index in [4.69, 9.17) is 0 Å². The number of carbonyl (C=O) groups is 2. The molecule has 1 atom stereocenters. The van der Waals surface area contributed by atoms with Crippen LogP contribution in [0.3, 0.4) is 0 Å². The molecule has 1 aromatic heterocycles. The van der Waals surface area contributed by atoms with Gasteiger partial charge in [-0.2, -0.15) is 0 Å². The molecule has 1 amide bonds. The summed E-state index contributed by atoms with van der Waals surface area (Å²) in [7, 11) is 0. The molecule has 7 heteroatoms. The number of hydrogen-bond donors (Lipinski definition) is 2. The zero-order valence-corrected chi connectivity index (χ0v) is 19.6. The Hall–Kier alpha value is -2.80. The van der Waals surface area contributed by atoms with Crippen molar-refractivity contribution >= 4 is 34.4 Å². The average Bonchev–Trinajstić information content (AvgIpc) is 3.05. The number of hydrogen-bond acceptors (Lipinski definition) is 4. The Bertz CT molecular complexity index is 1130. The van der Waals surface area contributed by atoms with Crippen molar-refractivity contribution in [2.75, 3.05) is 0 Å². The van der Waals surface area contributed by atoms with Gasteiger partial charge in [0.15, 0.2) is 5.16 Å². The Balaban J connectivity index is 1.98. The van der Waals surface area contributed by atoms with Crippen LogP contribution in [0.15, 0.2) is 47.8 Å². The molecule has 0 aliphatic rings. The van der Waals surface area contributed by atoms with Gasteiger partial charge in [-0.3, -0.25) is 9.36 Å². The maximum Gasteiger partial charge on any atom is 0.326 e. The van der Waals surface area contributed by atoms with Crippen molar-refractivity contribution < 1.29 is 14.7 Å². The molecule has 0 radical (unpaired) electrons. The van der Waals surface area contributed by atoms with Crippen molar-refractivity contribution in [1.82, 2.24) is 14.9 Å². The summed E-state index contributed by atoms with van der Waals surface area (Å²) in [5.41, 5.74) is 3.15. The molecule has 0 saturated heterocycles. The molecule has 1 unspecified atom stereocenters. The second kappa shape index (κ2) is 8.75. The summed E-state index contributed by atoms with van der Waals surface area (Å²) >= 11 is 1.32. The third kappa shape index (κ3) is 4.61. The highest BCUT2D eigenvalue weighted by Crippen LogP contribution is 2.36. The number of imidazole rings is 1. The molecule has 0 aliphatic heterocycles. The second-order valence-electron chi connectivity index (χ2n) is 8.61. The quantitative estimate of drug-likeness (QED) is 0.520. The van der Waals surface area contributed by atoms with Crippen LogP contribution in [-0.2, 0) is 9.59 Å². The van der Waals surface area contributed by atoms with Gasteiger partial charge in [0.25, 0.3) is 0 Å². The predicted octanol–water partition coefficient (Wildman–Crippen LogP) is 4.74. The Kier molecular flexibility index (Phi) is 6.46. The van der Waals surface area contributed by atoms with E-state index in [-0.39, 0.29) is 11.8 Å². The number of benzene rings is 2. The van der Waals surface area contributed by atoms with Crippen LogP contribution in [0, 0.1) is 19.8 Å². The molecule has 2 N–H and O–H groups in total. The number of amides is 1. The number of aliphatic carboxylic acids is 1. The molecule has 0 spiro atoms. The number of nitrogens with one attached hydrogen (secondary N) is 1. The first-order chi connectivity index (χ1) is 14.5. The minimum atomic E-state index is -1.03.